The zero-order valence-electron chi connectivity index (χ0n) is 5.36. The van der Waals surface area contributed by atoms with Gasteiger partial charge in [-0.1, -0.05) is 0 Å². The van der Waals surface area contributed by atoms with Crippen molar-refractivity contribution in [3.8, 4) is 0 Å². The van der Waals surface area contributed by atoms with Crippen molar-refractivity contribution in [2.75, 3.05) is 0 Å². The molecule has 8 heteroatoms. The zero-order valence-corrected chi connectivity index (χ0v) is 5.36. The second-order valence-electron chi connectivity index (χ2n) is 1.13. The molecule has 0 aliphatic rings. The standard InChI is InChI=1S/C3H4N2O.BF4/c1-4-3(6)5-2;2-1(3,4)5/h1-2H2;/q;-1/p+1. The number of carbonyl (C=O) groups excluding carboxylic acids is 1. The second kappa shape index (κ2) is 5.57. The summed E-state index contributed by atoms with van der Waals surface area (Å²) in [6.45, 7) is 5.95. The predicted molar refractivity (Wildman–Crippen MR) is 33.2 cm³/mol. The van der Waals surface area contributed by atoms with Gasteiger partial charge < -0.3 is 17.3 Å². The minimum atomic E-state index is -6.00. The van der Waals surface area contributed by atoms with Crippen LogP contribution in [0.15, 0.2) is 4.99 Å². The number of urea groups is 1. The number of rotatable bonds is 0. The molecule has 0 saturated carbocycles. The normalized spacial score (nSPS) is 9.09. The topological polar surface area (TPSA) is 43.4 Å². The monoisotopic (exact) mass is 172 g/mol. The first-order chi connectivity index (χ1) is 4.81. The van der Waals surface area contributed by atoms with Gasteiger partial charge in [0.15, 0.2) is 0 Å². The van der Waals surface area contributed by atoms with E-state index in [0.717, 1.165) is 0 Å². The Morgan fingerprint density at radius 1 is 1.36 bits per heavy atom. The third-order valence-electron chi connectivity index (χ3n) is 0.295. The first-order valence-electron chi connectivity index (χ1n) is 2.22. The third-order valence-corrected chi connectivity index (χ3v) is 0.295. The van der Waals surface area contributed by atoms with Crippen molar-refractivity contribution in [2.45, 2.75) is 0 Å². The van der Waals surface area contributed by atoms with Crippen LogP contribution in [0.2, 0.25) is 0 Å². The highest BCUT2D eigenvalue weighted by Gasteiger charge is 2.20. The van der Waals surface area contributed by atoms with Crippen LogP contribution in [0.3, 0.4) is 0 Å². The van der Waals surface area contributed by atoms with Gasteiger partial charge in [-0.25, -0.2) is 4.99 Å². The van der Waals surface area contributed by atoms with E-state index < -0.39 is 13.3 Å². The van der Waals surface area contributed by atoms with Gasteiger partial charge in [0.2, 0.25) is 0 Å². The summed E-state index contributed by atoms with van der Waals surface area (Å²) in [6.07, 6.45) is 0. The maximum atomic E-state index is 9.78. The molecule has 2 amide bonds. The van der Waals surface area contributed by atoms with Gasteiger partial charge in [0, 0.05) is 0 Å². The van der Waals surface area contributed by atoms with E-state index in [1.807, 2.05) is 4.99 Å². The average Bonchev–Trinajstić information content (AvgIpc) is 1.83. The number of aliphatic imine (C=N–C) groups is 1. The molecule has 0 saturated heterocycles. The highest BCUT2D eigenvalue weighted by molar-refractivity contribution is 6.50. The van der Waals surface area contributed by atoms with Gasteiger partial charge in [0.1, 0.15) is 6.72 Å². The molecule has 0 unspecified atom stereocenters. The Morgan fingerprint density at radius 3 is 1.64 bits per heavy atom. The molecule has 11 heavy (non-hydrogen) atoms. The van der Waals surface area contributed by atoms with E-state index in [1.165, 1.54) is 0 Å². The molecule has 0 aliphatic carbocycles. The van der Waals surface area contributed by atoms with E-state index in [-0.39, 0.29) is 0 Å². The Bertz CT molecular complexity index is 140. The Morgan fingerprint density at radius 2 is 1.64 bits per heavy atom. The van der Waals surface area contributed by atoms with Crippen LogP contribution < -0.4 is 4.99 Å². The fraction of sp³-hybridized carbons (Fsp3) is 0. The number of amides is 2. The SMILES string of the molecule is C=NC(=O)[NH+]=C.F[B-](F)(F)F. The van der Waals surface area contributed by atoms with E-state index in [9.17, 15) is 22.1 Å². The first kappa shape index (κ1) is 12.5. The van der Waals surface area contributed by atoms with Crippen LogP contribution in [0, 0.1) is 0 Å². The van der Waals surface area contributed by atoms with Gasteiger partial charge in [-0.15, -0.1) is 0 Å². The minimum absolute atomic E-state index is 0.505. The molecule has 0 radical (unpaired) electrons. The molecule has 1 N–H and O–H groups in total. The number of nitrogens with one attached hydrogen (secondary N) is 1. The molecule has 0 fully saturated rings. The van der Waals surface area contributed by atoms with Gasteiger partial charge in [-0.2, -0.15) is 4.79 Å². The van der Waals surface area contributed by atoms with Crippen LogP contribution in [0.25, 0.3) is 0 Å². The van der Waals surface area contributed by atoms with Crippen molar-refractivity contribution in [3.63, 3.8) is 0 Å². The number of hydrogen-bond acceptors (Lipinski definition) is 1. The molecule has 0 rings (SSSR count). The van der Waals surface area contributed by atoms with Crippen molar-refractivity contribution < 1.29 is 27.0 Å². The number of halogens is 4. The van der Waals surface area contributed by atoms with Gasteiger partial charge in [0.05, 0.1) is 6.72 Å². The smallest absolute Gasteiger partial charge is 0.418 e. The number of carbonyl (C=O) groups is 1. The molecule has 0 atom stereocenters. The Balaban J connectivity index is 0. The second-order valence-corrected chi connectivity index (χ2v) is 1.13. The summed E-state index contributed by atoms with van der Waals surface area (Å²) in [5, 5.41) is 0. The summed E-state index contributed by atoms with van der Waals surface area (Å²) >= 11 is 0. The van der Waals surface area contributed by atoms with E-state index in [4.69, 9.17) is 0 Å². The number of nitrogens with zero attached hydrogens (tertiary/aromatic N) is 1. The van der Waals surface area contributed by atoms with Crippen LogP contribution in [-0.2, 0) is 0 Å². The fourth-order valence-corrected chi connectivity index (χ4v) is 0.0559. The lowest BCUT2D eigenvalue weighted by molar-refractivity contribution is -0.328. The van der Waals surface area contributed by atoms with Crippen molar-refractivity contribution in [1.29, 1.82) is 0 Å². The zero-order chi connectivity index (χ0) is 9.49. The lowest BCUT2D eigenvalue weighted by atomic mass is 10.3. The van der Waals surface area contributed by atoms with Crippen LogP contribution in [-0.4, -0.2) is 26.7 Å². The summed E-state index contributed by atoms with van der Waals surface area (Å²) in [5.41, 5.74) is 0. The largest absolute Gasteiger partial charge is 0.673 e. The summed E-state index contributed by atoms with van der Waals surface area (Å²) in [5.74, 6) is 0. The van der Waals surface area contributed by atoms with Crippen molar-refractivity contribution >= 4 is 26.7 Å². The highest BCUT2D eigenvalue weighted by atomic mass is 19.5. The van der Waals surface area contributed by atoms with E-state index >= 15 is 0 Å². The maximum Gasteiger partial charge on any atom is 0.673 e. The Labute approximate surface area is 59.9 Å². The van der Waals surface area contributed by atoms with Crippen molar-refractivity contribution in [1.82, 2.24) is 0 Å². The van der Waals surface area contributed by atoms with Gasteiger partial charge in [0.25, 0.3) is 0 Å². The van der Waals surface area contributed by atoms with E-state index in [1.54, 1.807) is 0 Å². The molecule has 0 spiro atoms. The van der Waals surface area contributed by atoms with Crippen LogP contribution in [0.1, 0.15) is 0 Å². The average molecular weight is 172 g/mol. The van der Waals surface area contributed by atoms with Gasteiger partial charge in [-0.3, -0.25) is 0 Å². The Kier molecular flexibility index (Phi) is 6.31. The molecule has 64 valence electrons. The summed E-state index contributed by atoms with van der Waals surface area (Å²) in [4.78, 5) is 14.7. The quantitative estimate of drug-likeness (QED) is 0.309. The molecule has 3 nitrogen and oxygen atoms in total. The number of hydrogen-bond donors (Lipinski definition) is 1. The van der Waals surface area contributed by atoms with E-state index in [2.05, 4.69) is 18.4 Å². The first-order valence-corrected chi connectivity index (χ1v) is 2.22. The minimum Gasteiger partial charge on any atom is -0.418 e. The molecule has 0 heterocycles. The predicted octanol–water partition coefficient (Wildman–Crippen LogP) is -0.112. The van der Waals surface area contributed by atoms with Gasteiger partial charge in [-0.05, 0) is 4.99 Å². The molecular formula is C3H5BF4N2O. The lowest BCUT2D eigenvalue weighted by Crippen LogP contribution is -2.69. The third kappa shape index (κ3) is 52.0. The van der Waals surface area contributed by atoms with Crippen LogP contribution in [0.4, 0.5) is 22.1 Å². The lowest BCUT2D eigenvalue weighted by Gasteiger charge is -1.94. The maximum absolute atomic E-state index is 9.78. The van der Waals surface area contributed by atoms with Crippen molar-refractivity contribution in [3.05, 3.63) is 0 Å². The van der Waals surface area contributed by atoms with E-state index in [0.29, 0.717) is 0 Å². The summed E-state index contributed by atoms with van der Waals surface area (Å²) in [6, 6.07) is -0.505. The van der Waals surface area contributed by atoms with Crippen LogP contribution >= 0.6 is 0 Å². The molecule has 0 aromatic rings. The highest BCUT2D eigenvalue weighted by Crippen LogP contribution is 2.06. The molecule has 0 bridgehead atoms. The summed E-state index contributed by atoms with van der Waals surface area (Å²) < 4.78 is 39.0. The van der Waals surface area contributed by atoms with Crippen molar-refractivity contribution in [2.24, 2.45) is 4.99 Å². The molecule has 0 aromatic carbocycles. The molecule has 0 aliphatic heterocycles. The van der Waals surface area contributed by atoms with Crippen LogP contribution in [0.5, 0.6) is 0 Å². The fourth-order valence-electron chi connectivity index (χ4n) is 0.0559. The Hall–Kier alpha value is -1.21. The summed E-state index contributed by atoms with van der Waals surface area (Å²) in [7, 11) is -6.00. The molecule has 0 aromatic heterocycles. The molecular weight excluding hydrogens is 167 g/mol. The van der Waals surface area contributed by atoms with Gasteiger partial charge >= 0.3 is 13.3 Å².